The Balaban J connectivity index is 2.26. The molecule has 0 aromatic carbocycles. The highest BCUT2D eigenvalue weighted by atomic mass is 79.9. The van der Waals surface area contributed by atoms with Crippen molar-refractivity contribution in [3.05, 3.63) is 31.9 Å². The molecule has 0 N–H and O–H groups in total. The van der Waals surface area contributed by atoms with Gasteiger partial charge in [0.25, 0.3) is 0 Å². The fourth-order valence-corrected chi connectivity index (χ4v) is 2.79. The van der Waals surface area contributed by atoms with Gasteiger partial charge in [-0.25, -0.2) is 0 Å². The second-order valence-electron chi connectivity index (χ2n) is 2.83. The minimum absolute atomic E-state index is 0.437. The quantitative estimate of drug-likeness (QED) is 0.851. The fourth-order valence-electron chi connectivity index (χ4n) is 1.13. The van der Waals surface area contributed by atoms with Crippen molar-refractivity contribution in [3.8, 4) is 0 Å². The van der Waals surface area contributed by atoms with Crippen LogP contribution in [0.2, 0.25) is 5.28 Å². The van der Waals surface area contributed by atoms with E-state index in [9.17, 15) is 0 Å². The summed E-state index contributed by atoms with van der Waals surface area (Å²) in [4.78, 5) is 1.22. The molecule has 14 heavy (non-hydrogen) atoms. The van der Waals surface area contributed by atoms with Gasteiger partial charge in [0, 0.05) is 14.7 Å². The molecule has 0 unspecified atom stereocenters. The van der Waals surface area contributed by atoms with E-state index in [0.717, 1.165) is 16.8 Å². The summed E-state index contributed by atoms with van der Waals surface area (Å²) < 4.78 is 2.97. The molecule has 0 aliphatic carbocycles. The van der Waals surface area contributed by atoms with Gasteiger partial charge >= 0.3 is 0 Å². The van der Waals surface area contributed by atoms with Crippen molar-refractivity contribution in [2.24, 2.45) is 0 Å². The highest BCUT2D eigenvalue weighted by molar-refractivity contribution is 9.10. The fraction of sp³-hybridized carbons (Fsp3) is 0.250. The van der Waals surface area contributed by atoms with E-state index in [1.807, 2.05) is 16.9 Å². The van der Waals surface area contributed by atoms with Crippen LogP contribution in [0, 0.1) is 6.92 Å². The molecule has 2 heterocycles. The Bertz CT molecular complexity index is 432. The minimum Gasteiger partial charge on any atom is -0.297 e. The second-order valence-corrected chi connectivity index (χ2v) is 5.08. The molecule has 0 atom stereocenters. The maximum Gasteiger partial charge on any atom is 0.225 e. The van der Waals surface area contributed by atoms with Crippen LogP contribution in [0.1, 0.15) is 10.7 Å². The van der Waals surface area contributed by atoms with E-state index < -0.39 is 0 Å². The summed E-state index contributed by atoms with van der Waals surface area (Å²) >= 11 is 11.0. The van der Waals surface area contributed by atoms with Crippen molar-refractivity contribution in [2.45, 2.75) is 13.5 Å². The van der Waals surface area contributed by atoms with Gasteiger partial charge in [-0.1, -0.05) is 0 Å². The summed E-state index contributed by atoms with van der Waals surface area (Å²) in [6.45, 7) is 2.62. The molecule has 0 saturated carbocycles. The second kappa shape index (κ2) is 4.00. The average Bonchev–Trinajstić information content (AvgIpc) is 2.67. The van der Waals surface area contributed by atoms with Crippen LogP contribution in [0.15, 0.2) is 15.9 Å². The minimum atomic E-state index is 0.437. The predicted molar refractivity (Wildman–Crippen MR) is 60.9 cm³/mol. The van der Waals surface area contributed by atoms with Crippen molar-refractivity contribution in [1.29, 1.82) is 0 Å². The number of hydrogen-bond acceptors (Lipinski definition) is 3. The molecular formula is C8H7BrClN3S. The van der Waals surface area contributed by atoms with E-state index in [0.29, 0.717) is 5.28 Å². The van der Waals surface area contributed by atoms with Gasteiger partial charge in [-0.2, -0.15) is 0 Å². The molecule has 0 aliphatic heterocycles. The van der Waals surface area contributed by atoms with Gasteiger partial charge in [-0.15, -0.1) is 21.5 Å². The summed E-state index contributed by atoms with van der Waals surface area (Å²) in [6, 6.07) is 2.07. The van der Waals surface area contributed by atoms with E-state index in [1.54, 1.807) is 11.3 Å². The van der Waals surface area contributed by atoms with Crippen LogP contribution in [0.4, 0.5) is 0 Å². The summed E-state index contributed by atoms with van der Waals surface area (Å²) in [7, 11) is 0. The maximum atomic E-state index is 5.88. The van der Waals surface area contributed by atoms with E-state index >= 15 is 0 Å². The first kappa shape index (κ1) is 10.1. The Morgan fingerprint density at radius 1 is 1.57 bits per heavy atom. The normalized spacial score (nSPS) is 10.8. The monoisotopic (exact) mass is 291 g/mol. The molecule has 2 aromatic heterocycles. The number of nitrogens with zero attached hydrogens (tertiary/aromatic N) is 3. The predicted octanol–water partition coefficient (Wildman–Crippen LogP) is 3.11. The molecule has 0 bridgehead atoms. The number of hydrogen-bond donors (Lipinski definition) is 0. The Hall–Kier alpha value is -0.390. The van der Waals surface area contributed by atoms with E-state index in [2.05, 4.69) is 32.2 Å². The van der Waals surface area contributed by atoms with Crippen molar-refractivity contribution in [3.63, 3.8) is 0 Å². The van der Waals surface area contributed by atoms with Crippen molar-refractivity contribution in [1.82, 2.24) is 14.8 Å². The van der Waals surface area contributed by atoms with Crippen LogP contribution in [-0.2, 0) is 6.54 Å². The third-order valence-corrected chi connectivity index (χ3v) is 3.79. The van der Waals surface area contributed by atoms with Crippen LogP contribution < -0.4 is 0 Å². The van der Waals surface area contributed by atoms with Gasteiger partial charge < -0.3 is 0 Å². The lowest BCUT2D eigenvalue weighted by molar-refractivity contribution is 0.772. The van der Waals surface area contributed by atoms with Gasteiger partial charge in [0.05, 0.1) is 6.54 Å². The lowest BCUT2D eigenvalue weighted by atomic mass is 10.4. The van der Waals surface area contributed by atoms with E-state index in [1.165, 1.54) is 4.88 Å². The van der Waals surface area contributed by atoms with Gasteiger partial charge in [0.1, 0.15) is 5.82 Å². The summed E-state index contributed by atoms with van der Waals surface area (Å²) in [5.74, 6) is 0.833. The molecular weight excluding hydrogens is 286 g/mol. The molecule has 6 heteroatoms. The largest absolute Gasteiger partial charge is 0.297 e. The third kappa shape index (κ3) is 1.99. The highest BCUT2D eigenvalue weighted by Crippen LogP contribution is 2.22. The Labute approximate surface area is 98.9 Å². The molecule has 0 spiro atoms. The molecule has 0 aliphatic rings. The number of halogens is 2. The third-order valence-electron chi connectivity index (χ3n) is 1.83. The SMILES string of the molecule is Cc1nnc(Cl)n1Cc1cc(Br)cs1. The molecule has 0 amide bonds. The molecule has 3 nitrogen and oxygen atoms in total. The summed E-state index contributed by atoms with van der Waals surface area (Å²) in [5.41, 5.74) is 0. The maximum absolute atomic E-state index is 5.88. The van der Waals surface area contributed by atoms with Gasteiger partial charge in [0.2, 0.25) is 5.28 Å². The molecule has 0 fully saturated rings. The number of aromatic nitrogens is 3. The highest BCUT2D eigenvalue weighted by Gasteiger charge is 2.07. The summed E-state index contributed by atoms with van der Waals surface area (Å²) in [5, 5.41) is 10.2. The Morgan fingerprint density at radius 2 is 2.36 bits per heavy atom. The van der Waals surface area contributed by atoms with Crippen LogP contribution in [0.25, 0.3) is 0 Å². The Kier molecular flexibility index (Phi) is 2.90. The van der Waals surface area contributed by atoms with Crippen LogP contribution in [0.3, 0.4) is 0 Å². The van der Waals surface area contributed by atoms with Crippen LogP contribution >= 0.6 is 38.9 Å². The topological polar surface area (TPSA) is 30.7 Å². The van der Waals surface area contributed by atoms with Gasteiger partial charge in [0.15, 0.2) is 0 Å². The standard InChI is InChI=1S/C8H7BrClN3S/c1-5-11-12-8(10)13(5)3-7-2-6(9)4-14-7/h2,4H,3H2,1H3. The number of rotatable bonds is 2. The van der Waals surface area contributed by atoms with Crippen LogP contribution in [-0.4, -0.2) is 14.8 Å². The molecule has 2 aromatic rings. The zero-order valence-electron chi connectivity index (χ0n) is 7.37. The zero-order chi connectivity index (χ0) is 10.1. The van der Waals surface area contributed by atoms with Crippen molar-refractivity contribution in [2.75, 3.05) is 0 Å². The lowest BCUT2D eigenvalue weighted by Crippen LogP contribution is -2.00. The first-order chi connectivity index (χ1) is 6.66. The number of thiophene rings is 1. The zero-order valence-corrected chi connectivity index (χ0v) is 10.5. The molecule has 2 rings (SSSR count). The smallest absolute Gasteiger partial charge is 0.225 e. The van der Waals surface area contributed by atoms with Gasteiger partial charge in [-0.05, 0) is 40.5 Å². The first-order valence-electron chi connectivity index (χ1n) is 3.95. The van der Waals surface area contributed by atoms with Crippen molar-refractivity contribution >= 4 is 38.9 Å². The molecule has 0 radical (unpaired) electrons. The average molecular weight is 293 g/mol. The van der Waals surface area contributed by atoms with E-state index in [-0.39, 0.29) is 0 Å². The van der Waals surface area contributed by atoms with Crippen LogP contribution in [0.5, 0.6) is 0 Å². The van der Waals surface area contributed by atoms with Crippen molar-refractivity contribution < 1.29 is 0 Å². The summed E-state index contributed by atoms with van der Waals surface area (Å²) in [6.07, 6.45) is 0. The van der Waals surface area contributed by atoms with E-state index in [4.69, 9.17) is 11.6 Å². The lowest BCUT2D eigenvalue weighted by Gasteiger charge is -2.01. The first-order valence-corrected chi connectivity index (χ1v) is 6.00. The molecule has 0 saturated heterocycles. The molecule has 74 valence electrons. The van der Waals surface area contributed by atoms with Gasteiger partial charge in [-0.3, -0.25) is 4.57 Å². The Morgan fingerprint density at radius 3 is 2.86 bits per heavy atom. The number of aryl methyl sites for hydroxylation is 1.